The predicted octanol–water partition coefficient (Wildman–Crippen LogP) is 2.16. The summed E-state index contributed by atoms with van der Waals surface area (Å²) in [6.07, 6.45) is 2.91. The molecule has 0 spiro atoms. The van der Waals surface area contributed by atoms with Crippen LogP contribution in [0.5, 0.6) is 11.5 Å². The molecule has 1 saturated heterocycles. The quantitative estimate of drug-likeness (QED) is 0.775. The van der Waals surface area contributed by atoms with Gasteiger partial charge in [-0.1, -0.05) is 0 Å². The number of aromatic hydroxyl groups is 2. The number of amides is 2. The highest BCUT2D eigenvalue weighted by atomic mass is 16.3. The number of hydrogen-bond acceptors (Lipinski definition) is 5. The van der Waals surface area contributed by atoms with Crippen LogP contribution < -0.4 is 4.90 Å². The van der Waals surface area contributed by atoms with Gasteiger partial charge in [0.25, 0.3) is 5.91 Å². The van der Waals surface area contributed by atoms with E-state index in [1.54, 1.807) is 9.80 Å². The summed E-state index contributed by atoms with van der Waals surface area (Å²) in [6, 6.07) is 11.7. The van der Waals surface area contributed by atoms with Crippen molar-refractivity contribution in [1.82, 2.24) is 9.80 Å². The lowest BCUT2D eigenvalue weighted by molar-refractivity contribution is -0.127. The molecule has 1 fully saturated rings. The monoisotopic (exact) mass is 395 g/mol. The van der Waals surface area contributed by atoms with Crippen LogP contribution in [-0.2, 0) is 4.79 Å². The Morgan fingerprint density at radius 2 is 1.55 bits per heavy atom. The summed E-state index contributed by atoms with van der Waals surface area (Å²) in [7, 11) is 3.90. The Bertz CT molecular complexity index is 914. The minimum Gasteiger partial charge on any atom is -0.508 e. The third-order valence-electron chi connectivity index (χ3n) is 4.93. The van der Waals surface area contributed by atoms with Gasteiger partial charge in [0.15, 0.2) is 0 Å². The zero-order valence-corrected chi connectivity index (χ0v) is 16.6. The van der Waals surface area contributed by atoms with E-state index in [2.05, 4.69) is 0 Å². The first kappa shape index (κ1) is 20.3. The fourth-order valence-corrected chi connectivity index (χ4v) is 3.15. The fraction of sp³-hybridized carbons (Fsp3) is 0.273. The molecule has 0 saturated carbocycles. The summed E-state index contributed by atoms with van der Waals surface area (Å²) >= 11 is 0. The van der Waals surface area contributed by atoms with Gasteiger partial charge in [0.05, 0.1) is 0 Å². The third kappa shape index (κ3) is 4.87. The minimum atomic E-state index is -0.181. The van der Waals surface area contributed by atoms with Crippen LogP contribution >= 0.6 is 0 Å². The number of carbonyl (C=O) groups excluding carboxylic acids is 2. The second kappa shape index (κ2) is 8.68. The molecule has 152 valence electrons. The molecule has 29 heavy (non-hydrogen) atoms. The topological polar surface area (TPSA) is 84.3 Å². The van der Waals surface area contributed by atoms with Gasteiger partial charge in [-0.15, -0.1) is 0 Å². The molecule has 3 rings (SSSR count). The van der Waals surface area contributed by atoms with Crippen LogP contribution in [0.1, 0.15) is 15.9 Å². The summed E-state index contributed by atoms with van der Waals surface area (Å²) in [5.74, 6) is -0.347. The number of benzene rings is 2. The van der Waals surface area contributed by atoms with E-state index in [9.17, 15) is 19.8 Å². The van der Waals surface area contributed by atoms with Gasteiger partial charge < -0.3 is 24.9 Å². The molecule has 7 heteroatoms. The van der Waals surface area contributed by atoms with Gasteiger partial charge in [-0.3, -0.25) is 9.59 Å². The first-order chi connectivity index (χ1) is 13.8. The minimum absolute atomic E-state index is 0.0352. The number of phenolic OH excluding ortho intramolecular Hbond substituents is 2. The number of nitrogens with zero attached hydrogens (tertiary/aromatic N) is 3. The SMILES string of the molecule is CN(C)c1ccc(C(=O)N2CCN(C(=O)/C=C/c3ccc(O)cc3O)CC2)cc1. The highest BCUT2D eigenvalue weighted by Crippen LogP contribution is 2.23. The van der Waals surface area contributed by atoms with E-state index >= 15 is 0 Å². The van der Waals surface area contributed by atoms with Crippen molar-refractivity contribution in [2.45, 2.75) is 0 Å². The maximum atomic E-state index is 12.7. The Morgan fingerprint density at radius 3 is 2.14 bits per heavy atom. The normalized spacial score (nSPS) is 14.3. The molecule has 2 N–H and O–H groups in total. The van der Waals surface area contributed by atoms with E-state index < -0.39 is 0 Å². The fourth-order valence-electron chi connectivity index (χ4n) is 3.15. The van der Waals surface area contributed by atoms with Crippen molar-refractivity contribution < 1.29 is 19.8 Å². The lowest BCUT2D eigenvalue weighted by Gasteiger charge is -2.34. The summed E-state index contributed by atoms with van der Waals surface area (Å²) in [5, 5.41) is 19.1. The van der Waals surface area contributed by atoms with Crippen LogP contribution in [0.4, 0.5) is 5.69 Å². The van der Waals surface area contributed by atoms with Gasteiger partial charge in [0, 0.05) is 69.2 Å². The maximum absolute atomic E-state index is 12.7. The maximum Gasteiger partial charge on any atom is 0.253 e. The largest absolute Gasteiger partial charge is 0.508 e. The molecule has 0 unspecified atom stereocenters. The van der Waals surface area contributed by atoms with Gasteiger partial charge in [-0.2, -0.15) is 0 Å². The summed E-state index contributed by atoms with van der Waals surface area (Å²) < 4.78 is 0. The molecular weight excluding hydrogens is 370 g/mol. The number of anilines is 1. The molecule has 0 bridgehead atoms. The van der Waals surface area contributed by atoms with Crippen molar-refractivity contribution in [3.8, 4) is 11.5 Å². The van der Waals surface area contributed by atoms with Crippen molar-refractivity contribution in [3.05, 3.63) is 59.7 Å². The predicted molar refractivity (Wildman–Crippen MR) is 112 cm³/mol. The summed E-state index contributed by atoms with van der Waals surface area (Å²) in [4.78, 5) is 30.5. The first-order valence-electron chi connectivity index (χ1n) is 9.41. The molecule has 1 aliphatic heterocycles. The average molecular weight is 395 g/mol. The van der Waals surface area contributed by atoms with E-state index in [4.69, 9.17) is 0 Å². The highest BCUT2D eigenvalue weighted by molar-refractivity contribution is 5.95. The summed E-state index contributed by atoms with van der Waals surface area (Å²) in [6.45, 7) is 1.84. The second-order valence-corrected chi connectivity index (χ2v) is 7.14. The molecule has 7 nitrogen and oxygen atoms in total. The Balaban J connectivity index is 1.56. The molecule has 2 aromatic rings. The number of carbonyl (C=O) groups is 2. The molecule has 0 aliphatic carbocycles. The van der Waals surface area contributed by atoms with E-state index in [0.717, 1.165) is 5.69 Å². The lowest BCUT2D eigenvalue weighted by atomic mass is 10.1. The van der Waals surface area contributed by atoms with E-state index in [-0.39, 0.29) is 23.3 Å². The molecule has 2 amide bonds. The van der Waals surface area contributed by atoms with E-state index in [1.165, 1.54) is 30.4 Å². The van der Waals surface area contributed by atoms with E-state index in [1.807, 2.05) is 43.3 Å². The summed E-state index contributed by atoms with van der Waals surface area (Å²) in [5.41, 5.74) is 2.12. The molecule has 0 atom stereocenters. The van der Waals surface area contributed by atoms with Crippen LogP contribution in [-0.4, -0.2) is 72.1 Å². The van der Waals surface area contributed by atoms with Gasteiger partial charge in [-0.25, -0.2) is 0 Å². The van der Waals surface area contributed by atoms with Crippen LogP contribution in [0.15, 0.2) is 48.5 Å². The number of phenols is 2. The Kier molecular flexibility index (Phi) is 6.07. The standard InChI is InChI=1S/C22H25N3O4/c1-23(2)18-7-3-17(4-8-18)22(29)25-13-11-24(12-14-25)21(28)10-6-16-5-9-19(26)15-20(16)27/h3-10,15,26-27H,11-14H2,1-2H3/b10-6+. The Morgan fingerprint density at radius 1 is 0.931 bits per heavy atom. The van der Waals surface area contributed by atoms with Crippen molar-refractivity contribution in [3.63, 3.8) is 0 Å². The highest BCUT2D eigenvalue weighted by Gasteiger charge is 2.24. The first-order valence-corrected chi connectivity index (χ1v) is 9.41. The zero-order chi connectivity index (χ0) is 21.0. The van der Waals surface area contributed by atoms with Crippen LogP contribution in [0.25, 0.3) is 6.08 Å². The lowest BCUT2D eigenvalue weighted by Crippen LogP contribution is -2.50. The average Bonchev–Trinajstić information content (AvgIpc) is 2.72. The van der Waals surface area contributed by atoms with Gasteiger partial charge in [-0.05, 0) is 42.5 Å². The third-order valence-corrected chi connectivity index (χ3v) is 4.93. The van der Waals surface area contributed by atoms with Crippen molar-refractivity contribution in [2.75, 3.05) is 45.2 Å². The van der Waals surface area contributed by atoms with Gasteiger partial charge in [0.1, 0.15) is 11.5 Å². The van der Waals surface area contributed by atoms with Crippen LogP contribution in [0, 0.1) is 0 Å². The Labute approximate surface area is 170 Å². The second-order valence-electron chi connectivity index (χ2n) is 7.14. The molecule has 1 aliphatic rings. The number of hydrogen-bond donors (Lipinski definition) is 2. The molecule has 1 heterocycles. The van der Waals surface area contributed by atoms with E-state index in [0.29, 0.717) is 37.3 Å². The molecular formula is C22H25N3O4. The number of rotatable bonds is 4. The van der Waals surface area contributed by atoms with Crippen molar-refractivity contribution in [2.24, 2.45) is 0 Å². The van der Waals surface area contributed by atoms with Crippen LogP contribution in [0.2, 0.25) is 0 Å². The van der Waals surface area contributed by atoms with Gasteiger partial charge in [0.2, 0.25) is 5.91 Å². The van der Waals surface area contributed by atoms with Crippen LogP contribution in [0.3, 0.4) is 0 Å². The van der Waals surface area contributed by atoms with Crippen molar-refractivity contribution in [1.29, 1.82) is 0 Å². The zero-order valence-electron chi connectivity index (χ0n) is 16.6. The molecule has 0 aromatic heterocycles. The Hall–Kier alpha value is -3.48. The smallest absolute Gasteiger partial charge is 0.253 e. The van der Waals surface area contributed by atoms with Gasteiger partial charge >= 0.3 is 0 Å². The van der Waals surface area contributed by atoms with Crippen molar-refractivity contribution >= 4 is 23.6 Å². The molecule has 2 aromatic carbocycles. The molecule has 0 radical (unpaired) electrons. The number of piperazine rings is 1.